The third-order valence-corrected chi connectivity index (χ3v) is 11.2. The minimum absolute atomic E-state index is 0.0976. The molecular weight excluding hydrogens is 666 g/mol. The summed E-state index contributed by atoms with van der Waals surface area (Å²) in [6.07, 6.45) is 2.96. The number of nitriles is 1. The van der Waals surface area contributed by atoms with Crippen LogP contribution in [0.5, 0.6) is 5.88 Å². The lowest BCUT2D eigenvalue weighted by atomic mass is 9.79. The molecule has 2 aromatic carbocycles. The van der Waals surface area contributed by atoms with E-state index in [4.69, 9.17) is 37.7 Å². The molecular formula is C37H33Cl2FN6O3. The number of aryl methyl sites for hydroxylation is 2. The zero-order valence-electron chi connectivity index (χ0n) is 26.9. The van der Waals surface area contributed by atoms with Gasteiger partial charge < -0.3 is 19.4 Å². The van der Waals surface area contributed by atoms with Crippen LogP contribution in [0.3, 0.4) is 0 Å². The fraction of sp³-hybridized carbons (Fsp3) is 0.351. The van der Waals surface area contributed by atoms with Crippen molar-refractivity contribution in [1.29, 1.82) is 5.26 Å². The number of carbonyl (C=O) groups is 1. The van der Waals surface area contributed by atoms with E-state index in [0.717, 1.165) is 29.6 Å². The molecule has 3 aliphatic heterocycles. The Balaban J connectivity index is 1.36. The summed E-state index contributed by atoms with van der Waals surface area (Å²) in [6, 6.07) is 16.9. The number of fused-ring (bicyclic) bond motifs is 4. The Hall–Kier alpha value is -4.43. The molecule has 2 bridgehead atoms. The fourth-order valence-electron chi connectivity index (χ4n) is 8.17. The number of likely N-dealkylation sites (tertiary alicyclic amines) is 1. The zero-order valence-corrected chi connectivity index (χ0v) is 28.4. The maximum atomic E-state index is 17.1. The van der Waals surface area contributed by atoms with Gasteiger partial charge in [-0.2, -0.15) is 5.26 Å². The van der Waals surface area contributed by atoms with E-state index in [1.165, 1.54) is 7.11 Å². The Morgan fingerprint density at radius 1 is 1.16 bits per heavy atom. The summed E-state index contributed by atoms with van der Waals surface area (Å²) in [5.41, 5.74) is 4.07. The lowest BCUT2D eigenvalue weighted by Crippen LogP contribution is -2.41. The quantitative estimate of drug-likeness (QED) is 0.184. The molecule has 4 fully saturated rings. The summed E-state index contributed by atoms with van der Waals surface area (Å²) < 4.78 is 30.9. The van der Waals surface area contributed by atoms with Crippen molar-refractivity contribution in [2.24, 2.45) is 5.92 Å². The van der Waals surface area contributed by atoms with Crippen molar-refractivity contribution in [3.05, 3.63) is 87.5 Å². The molecule has 4 aliphatic rings. The molecule has 3 aromatic heterocycles. The number of pyridine rings is 2. The Labute approximate surface area is 292 Å². The van der Waals surface area contributed by atoms with Gasteiger partial charge in [0.15, 0.2) is 5.82 Å². The SMILES string of the molecule is COC(=O)N1CC(Oc2ccccn2)CC1c1cc2c(C)nc3c(F)c(-c4cccc(Cl)c4Cl)c(CCC#N)cc3c2n1C1C2CNC1C2. The van der Waals surface area contributed by atoms with Gasteiger partial charge in [0.25, 0.3) is 0 Å². The summed E-state index contributed by atoms with van der Waals surface area (Å²) in [6.45, 7) is 3.09. The van der Waals surface area contributed by atoms with E-state index in [1.807, 2.05) is 25.1 Å². The molecule has 3 saturated heterocycles. The number of ether oxygens (including phenoxy) is 2. The molecule has 1 aliphatic carbocycles. The second-order valence-electron chi connectivity index (χ2n) is 13.1. The van der Waals surface area contributed by atoms with Gasteiger partial charge in [0.1, 0.15) is 11.6 Å². The molecule has 5 unspecified atom stereocenters. The van der Waals surface area contributed by atoms with Crippen molar-refractivity contribution in [2.45, 2.75) is 56.8 Å². The fourth-order valence-corrected chi connectivity index (χ4v) is 8.56. The zero-order chi connectivity index (χ0) is 34.0. The van der Waals surface area contributed by atoms with E-state index in [1.54, 1.807) is 35.4 Å². The Morgan fingerprint density at radius 2 is 2.02 bits per heavy atom. The first kappa shape index (κ1) is 31.8. The minimum atomic E-state index is -0.510. The third-order valence-electron chi connectivity index (χ3n) is 10.4. The van der Waals surface area contributed by atoms with Crippen LogP contribution in [0, 0.1) is 30.0 Å². The number of carbonyl (C=O) groups excluding carboxylic acids is 1. The topological polar surface area (TPSA) is 105 Å². The molecule has 0 radical (unpaired) electrons. The van der Waals surface area contributed by atoms with Crippen LogP contribution in [-0.2, 0) is 11.2 Å². The predicted molar refractivity (Wildman–Crippen MR) is 185 cm³/mol. The standard InChI is InChI=1S/C37H33Cl2FN6O3/c1-19-24-16-29(28-15-22(18-45(28)37(47)48-2)49-30-10-3-4-12-42-30)46(35-21-14-27(35)43-17-21)36(24)25-13-20(7-6-11-41)31(33(40)34(25)44-19)23-8-5-9-26(38)32(23)39/h3-5,8-10,12-13,16,21-22,27-28,35,43H,6-7,14-15,17-18H2,1-2H3. The number of rotatable bonds is 7. The van der Waals surface area contributed by atoms with Gasteiger partial charge >= 0.3 is 6.09 Å². The molecule has 1 saturated carbocycles. The number of nitrogens with zero attached hydrogens (tertiary/aromatic N) is 5. The number of hydrogen-bond acceptors (Lipinski definition) is 7. The first-order chi connectivity index (χ1) is 23.8. The van der Waals surface area contributed by atoms with E-state index in [0.29, 0.717) is 64.0 Å². The van der Waals surface area contributed by atoms with E-state index in [9.17, 15) is 10.1 Å². The highest BCUT2D eigenvalue weighted by Gasteiger charge is 2.50. The van der Waals surface area contributed by atoms with Gasteiger partial charge in [-0.1, -0.05) is 41.4 Å². The smallest absolute Gasteiger partial charge is 0.410 e. The lowest BCUT2D eigenvalue weighted by Gasteiger charge is -2.39. The minimum Gasteiger partial charge on any atom is -0.472 e. The molecule has 9 rings (SSSR count). The third kappa shape index (κ3) is 5.18. The Bertz CT molecular complexity index is 2160. The second kappa shape index (κ2) is 12.5. The average Bonchev–Trinajstić information content (AvgIpc) is 3.91. The maximum Gasteiger partial charge on any atom is 0.410 e. The molecule has 0 spiro atoms. The molecule has 6 heterocycles. The van der Waals surface area contributed by atoms with E-state index in [-0.39, 0.29) is 41.2 Å². The predicted octanol–water partition coefficient (Wildman–Crippen LogP) is 7.96. The maximum absolute atomic E-state index is 17.1. The lowest BCUT2D eigenvalue weighted by molar-refractivity contribution is 0.111. The molecule has 1 N–H and O–H groups in total. The van der Waals surface area contributed by atoms with Gasteiger partial charge in [-0.15, -0.1) is 0 Å². The van der Waals surface area contributed by atoms with Gasteiger partial charge in [0, 0.05) is 71.0 Å². The van der Waals surface area contributed by atoms with Crippen LogP contribution < -0.4 is 10.1 Å². The summed E-state index contributed by atoms with van der Waals surface area (Å²) in [5.74, 6) is 0.357. The number of aromatic nitrogens is 3. The Kier molecular flexibility index (Phi) is 8.10. The van der Waals surface area contributed by atoms with Crippen LogP contribution in [-0.4, -0.2) is 57.9 Å². The van der Waals surface area contributed by atoms with E-state index >= 15 is 4.39 Å². The number of methoxy groups -OCH3 is 1. The highest BCUT2D eigenvalue weighted by atomic mass is 35.5. The summed E-state index contributed by atoms with van der Waals surface area (Å²) in [4.78, 5) is 24.2. The van der Waals surface area contributed by atoms with Crippen molar-refractivity contribution in [3.8, 4) is 23.1 Å². The molecule has 9 nitrogen and oxygen atoms in total. The number of nitrogens with one attached hydrogen (secondary N) is 1. The van der Waals surface area contributed by atoms with Crippen LogP contribution in [0.4, 0.5) is 9.18 Å². The van der Waals surface area contributed by atoms with Gasteiger partial charge in [-0.05, 0) is 55.5 Å². The number of benzene rings is 2. The van der Waals surface area contributed by atoms with Gasteiger partial charge in [-0.25, -0.2) is 19.2 Å². The van der Waals surface area contributed by atoms with Crippen molar-refractivity contribution in [1.82, 2.24) is 24.8 Å². The summed E-state index contributed by atoms with van der Waals surface area (Å²) in [5, 5.41) is 15.3. The van der Waals surface area contributed by atoms with Crippen LogP contribution >= 0.6 is 23.2 Å². The summed E-state index contributed by atoms with van der Waals surface area (Å²) >= 11 is 13.0. The number of halogens is 3. The average molecular weight is 700 g/mol. The number of hydrogen-bond donors (Lipinski definition) is 1. The van der Waals surface area contributed by atoms with Crippen molar-refractivity contribution < 1.29 is 18.7 Å². The highest BCUT2D eigenvalue weighted by Crippen LogP contribution is 2.51. The second-order valence-corrected chi connectivity index (χ2v) is 13.8. The van der Waals surface area contributed by atoms with Crippen molar-refractivity contribution in [2.75, 3.05) is 20.2 Å². The largest absolute Gasteiger partial charge is 0.472 e. The summed E-state index contributed by atoms with van der Waals surface area (Å²) in [7, 11) is 1.38. The molecule has 49 heavy (non-hydrogen) atoms. The van der Waals surface area contributed by atoms with E-state index in [2.05, 4.69) is 27.0 Å². The Morgan fingerprint density at radius 3 is 2.73 bits per heavy atom. The number of amides is 1. The molecule has 1 amide bonds. The highest BCUT2D eigenvalue weighted by molar-refractivity contribution is 6.43. The first-order valence-electron chi connectivity index (χ1n) is 16.4. The van der Waals surface area contributed by atoms with Crippen molar-refractivity contribution in [3.63, 3.8) is 0 Å². The van der Waals surface area contributed by atoms with Gasteiger partial charge in [0.2, 0.25) is 5.88 Å². The van der Waals surface area contributed by atoms with E-state index < -0.39 is 11.9 Å². The molecule has 250 valence electrons. The molecule has 5 aromatic rings. The molecule has 5 atom stereocenters. The van der Waals surface area contributed by atoms with Crippen LogP contribution in [0.25, 0.3) is 32.9 Å². The monoisotopic (exact) mass is 698 g/mol. The van der Waals surface area contributed by atoms with Crippen LogP contribution in [0.2, 0.25) is 10.0 Å². The van der Waals surface area contributed by atoms with Crippen LogP contribution in [0.1, 0.15) is 48.3 Å². The van der Waals surface area contributed by atoms with Gasteiger partial charge in [0.05, 0.1) is 47.4 Å². The van der Waals surface area contributed by atoms with Crippen molar-refractivity contribution >= 4 is 51.1 Å². The normalized spacial score (nSPS) is 22.8. The first-order valence-corrected chi connectivity index (χ1v) is 17.2. The van der Waals surface area contributed by atoms with Gasteiger partial charge in [-0.3, -0.25) is 4.90 Å². The molecule has 12 heteroatoms. The van der Waals surface area contributed by atoms with Crippen LogP contribution in [0.15, 0.2) is 54.7 Å².